The minimum atomic E-state index is 0.164. The van der Waals surface area contributed by atoms with E-state index in [0.717, 1.165) is 18.7 Å². The maximum Gasteiger partial charge on any atom is 0.220 e. The summed E-state index contributed by atoms with van der Waals surface area (Å²) in [5.41, 5.74) is 7.66. The summed E-state index contributed by atoms with van der Waals surface area (Å²) >= 11 is 0. The molecule has 3 N–H and O–H groups in total. The molecule has 0 saturated carbocycles. The van der Waals surface area contributed by atoms with Crippen molar-refractivity contribution < 1.29 is 4.79 Å². The molecule has 0 radical (unpaired) electrons. The van der Waals surface area contributed by atoms with Crippen LogP contribution in [0, 0.1) is 0 Å². The number of benzene rings is 1. The Morgan fingerprint density at radius 2 is 2.00 bits per heavy atom. The third kappa shape index (κ3) is 1.87. The van der Waals surface area contributed by atoms with Gasteiger partial charge in [-0.25, -0.2) is 0 Å². The van der Waals surface area contributed by atoms with Crippen LogP contribution in [0.5, 0.6) is 0 Å². The van der Waals surface area contributed by atoms with E-state index in [0.29, 0.717) is 12.3 Å². The number of piperidine rings is 1. The van der Waals surface area contributed by atoms with Crippen molar-refractivity contribution in [1.29, 1.82) is 0 Å². The number of rotatable bonds is 1. The Labute approximate surface area is 83.3 Å². The van der Waals surface area contributed by atoms with Gasteiger partial charge in [-0.1, -0.05) is 12.1 Å². The zero-order chi connectivity index (χ0) is 9.97. The van der Waals surface area contributed by atoms with Gasteiger partial charge in [0.05, 0.1) is 0 Å². The molecule has 1 aromatic carbocycles. The SMILES string of the molecule is Nc1ccc(C2CCC(=O)NC2)cc1. The largest absolute Gasteiger partial charge is 0.399 e. The number of carbonyl (C=O) groups is 1. The molecule has 74 valence electrons. The van der Waals surface area contributed by atoms with Gasteiger partial charge >= 0.3 is 0 Å². The molecular formula is C11H14N2O. The number of nitrogens with one attached hydrogen (secondary N) is 1. The van der Waals surface area contributed by atoms with Crippen molar-refractivity contribution in [2.45, 2.75) is 18.8 Å². The van der Waals surface area contributed by atoms with Crippen LogP contribution in [0.1, 0.15) is 24.3 Å². The Bertz CT molecular complexity index is 322. The maximum atomic E-state index is 11.0. The number of hydrogen-bond acceptors (Lipinski definition) is 2. The molecule has 1 aromatic rings. The first-order chi connectivity index (χ1) is 6.75. The molecule has 14 heavy (non-hydrogen) atoms. The second-order valence-electron chi connectivity index (χ2n) is 3.71. The molecular weight excluding hydrogens is 176 g/mol. The Kier molecular flexibility index (Phi) is 2.39. The van der Waals surface area contributed by atoms with Crippen LogP contribution in [0.2, 0.25) is 0 Å². The van der Waals surface area contributed by atoms with Gasteiger partial charge in [0.15, 0.2) is 0 Å². The van der Waals surface area contributed by atoms with Crippen LogP contribution in [-0.4, -0.2) is 12.5 Å². The van der Waals surface area contributed by atoms with Crippen LogP contribution in [0.15, 0.2) is 24.3 Å². The van der Waals surface area contributed by atoms with Gasteiger partial charge in [-0.2, -0.15) is 0 Å². The monoisotopic (exact) mass is 190 g/mol. The molecule has 1 amide bonds. The lowest BCUT2D eigenvalue weighted by molar-refractivity contribution is -0.122. The molecule has 1 aliphatic rings. The van der Waals surface area contributed by atoms with Gasteiger partial charge in [0.2, 0.25) is 5.91 Å². The lowest BCUT2D eigenvalue weighted by Crippen LogP contribution is -2.33. The van der Waals surface area contributed by atoms with E-state index in [9.17, 15) is 4.79 Å². The van der Waals surface area contributed by atoms with E-state index in [4.69, 9.17) is 5.73 Å². The molecule has 0 aliphatic carbocycles. The number of hydrogen-bond donors (Lipinski definition) is 2. The van der Waals surface area contributed by atoms with Crippen LogP contribution >= 0.6 is 0 Å². The topological polar surface area (TPSA) is 55.1 Å². The average molecular weight is 190 g/mol. The third-order valence-corrected chi connectivity index (χ3v) is 2.67. The number of carbonyl (C=O) groups excluding carboxylic acids is 1. The summed E-state index contributed by atoms with van der Waals surface area (Å²) in [6.07, 6.45) is 1.57. The van der Waals surface area contributed by atoms with Gasteiger partial charge in [0, 0.05) is 24.6 Å². The lowest BCUT2D eigenvalue weighted by atomic mass is 9.91. The first-order valence-electron chi connectivity index (χ1n) is 4.88. The summed E-state index contributed by atoms with van der Waals surface area (Å²) in [6.45, 7) is 0.753. The lowest BCUT2D eigenvalue weighted by Gasteiger charge is -2.22. The molecule has 3 heteroatoms. The van der Waals surface area contributed by atoms with Gasteiger partial charge in [-0.05, 0) is 24.1 Å². The second kappa shape index (κ2) is 3.70. The average Bonchev–Trinajstić information content (AvgIpc) is 2.21. The number of nitrogens with two attached hydrogens (primary N) is 1. The number of anilines is 1. The van der Waals surface area contributed by atoms with E-state index in [-0.39, 0.29) is 5.91 Å². The molecule has 1 atom stereocenters. The molecule has 1 unspecified atom stereocenters. The predicted molar refractivity (Wildman–Crippen MR) is 55.8 cm³/mol. The van der Waals surface area contributed by atoms with Crippen LogP contribution in [-0.2, 0) is 4.79 Å². The zero-order valence-corrected chi connectivity index (χ0v) is 7.99. The highest BCUT2D eigenvalue weighted by Crippen LogP contribution is 2.23. The van der Waals surface area contributed by atoms with Gasteiger partial charge in [-0.3, -0.25) is 4.79 Å². The van der Waals surface area contributed by atoms with Gasteiger partial charge in [-0.15, -0.1) is 0 Å². The van der Waals surface area contributed by atoms with E-state index in [2.05, 4.69) is 5.32 Å². The van der Waals surface area contributed by atoms with E-state index in [1.165, 1.54) is 5.56 Å². The van der Waals surface area contributed by atoms with Crippen LogP contribution < -0.4 is 11.1 Å². The summed E-state index contributed by atoms with van der Waals surface area (Å²) in [5.74, 6) is 0.616. The molecule has 3 nitrogen and oxygen atoms in total. The summed E-state index contributed by atoms with van der Waals surface area (Å²) in [6, 6.07) is 7.90. The first-order valence-corrected chi connectivity index (χ1v) is 4.88. The molecule has 1 heterocycles. The van der Waals surface area contributed by atoms with E-state index in [1.54, 1.807) is 0 Å². The standard InChI is InChI=1S/C11H14N2O/c12-10-4-1-8(2-5-10)9-3-6-11(14)13-7-9/h1-2,4-5,9H,3,6-7,12H2,(H,13,14). The number of nitrogen functional groups attached to an aromatic ring is 1. The second-order valence-corrected chi connectivity index (χ2v) is 3.71. The minimum Gasteiger partial charge on any atom is -0.399 e. The fourth-order valence-corrected chi connectivity index (χ4v) is 1.79. The van der Waals surface area contributed by atoms with E-state index < -0.39 is 0 Å². The zero-order valence-electron chi connectivity index (χ0n) is 7.99. The highest BCUT2D eigenvalue weighted by molar-refractivity contribution is 5.76. The molecule has 0 bridgehead atoms. The van der Waals surface area contributed by atoms with Gasteiger partial charge < -0.3 is 11.1 Å². The Balaban J connectivity index is 2.08. The van der Waals surface area contributed by atoms with Crippen molar-refractivity contribution in [2.75, 3.05) is 12.3 Å². The summed E-state index contributed by atoms with van der Waals surface area (Å²) in [5, 5.41) is 2.88. The Morgan fingerprint density at radius 3 is 2.57 bits per heavy atom. The molecule has 2 rings (SSSR count). The summed E-state index contributed by atoms with van der Waals surface area (Å²) < 4.78 is 0. The van der Waals surface area contributed by atoms with Crippen molar-refractivity contribution in [2.24, 2.45) is 0 Å². The van der Waals surface area contributed by atoms with Crippen molar-refractivity contribution >= 4 is 11.6 Å². The van der Waals surface area contributed by atoms with Crippen LogP contribution in [0.3, 0.4) is 0 Å². The highest BCUT2D eigenvalue weighted by atomic mass is 16.1. The molecule has 1 fully saturated rings. The van der Waals surface area contributed by atoms with Crippen LogP contribution in [0.4, 0.5) is 5.69 Å². The fourth-order valence-electron chi connectivity index (χ4n) is 1.79. The number of amides is 1. The Morgan fingerprint density at radius 1 is 1.29 bits per heavy atom. The first kappa shape index (κ1) is 9.06. The quantitative estimate of drug-likeness (QED) is 0.655. The van der Waals surface area contributed by atoms with Gasteiger partial charge in [0.1, 0.15) is 0 Å². The molecule has 0 aromatic heterocycles. The van der Waals surface area contributed by atoms with Crippen molar-refractivity contribution in [3.05, 3.63) is 29.8 Å². The third-order valence-electron chi connectivity index (χ3n) is 2.67. The van der Waals surface area contributed by atoms with Gasteiger partial charge in [0.25, 0.3) is 0 Å². The van der Waals surface area contributed by atoms with Crippen molar-refractivity contribution in [3.8, 4) is 0 Å². The predicted octanol–water partition coefficient (Wildman–Crippen LogP) is 1.26. The van der Waals surface area contributed by atoms with Crippen molar-refractivity contribution in [3.63, 3.8) is 0 Å². The summed E-state index contributed by atoms with van der Waals surface area (Å²) in [7, 11) is 0. The normalized spacial score (nSPS) is 21.7. The molecule has 0 spiro atoms. The highest BCUT2D eigenvalue weighted by Gasteiger charge is 2.18. The minimum absolute atomic E-state index is 0.164. The maximum absolute atomic E-state index is 11.0. The van der Waals surface area contributed by atoms with Crippen LogP contribution in [0.25, 0.3) is 0 Å². The summed E-state index contributed by atoms with van der Waals surface area (Å²) in [4.78, 5) is 11.0. The molecule has 1 aliphatic heterocycles. The molecule has 1 saturated heterocycles. The fraction of sp³-hybridized carbons (Fsp3) is 0.364. The Hall–Kier alpha value is -1.51. The van der Waals surface area contributed by atoms with E-state index in [1.807, 2.05) is 24.3 Å². The smallest absolute Gasteiger partial charge is 0.220 e. The van der Waals surface area contributed by atoms with E-state index >= 15 is 0 Å². The van der Waals surface area contributed by atoms with Crippen molar-refractivity contribution in [1.82, 2.24) is 5.32 Å².